The molecule has 0 saturated carbocycles. The van der Waals surface area contributed by atoms with Crippen molar-refractivity contribution in [2.75, 3.05) is 4.90 Å². The van der Waals surface area contributed by atoms with Gasteiger partial charge < -0.3 is 10.4 Å². The molecule has 1 saturated heterocycles. The number of urea groups is 1. The first kappa shape index (κ1) is 12.4. The quantitative estimate of drug-likeness (QED) is 0.808. The first-order valence-electron chi connectivity index (χ1n) is 5.11. The van der Waals surface area contributed by atoms with E-state index < -0.39 is 30.4 Å². The van der Waals surface area contributed by atoms with Gasteiger partial charge in [0.2, 0.25) is 0 Å². The second-order valence-electron chi connectivity index (χ2n) is 3.75. The molecule has 6 nitrogen and oxygen atoms in total. The molecule has 94 valence electrons. The van der Waals surface area contributed by atoms with E-state index in [1.165, 1.54) is 6.07 Å². The standard InChI is InChI=1S/C11H9ClN2O4/c12-6-2-1-3-7(4-6)14-10(17)8(5-9(15)16)13-11(14)18/h1-4,8H,5H2,(H,13,18)(H,15,16)/t8-/m0/s1. The Bertz CT molecular complexity index is 532. The first-order valence-corrected chi connectivity index (χ1v) is 5.48. The van der Waals surface area contributed by atoms with Gasteiger partial charge in [0, 0.05) is 5.02 Å². The molecule has 0 radical (unpaired) electrons. The molecule has 1 aliphatic heterocycles. The van der Waals surface area contributed by atoms with Crippen LogP contribution in [-0.4, -0.2) is 29.1 Å². The summed E-state index contributed by atoms with van der Waals surface area (Å²) in [5.41, 5.74) is 0.317. The van der Waals surface area contributed by atoms with Crippen molar-refractivity contribution >= 4 is 35.2 Å². The third-order valence-electron chi connectivity index (χ3n) is 2.46. The van der Waals surface area contributed by atoms with Crippen molar-refractivity contribution in [2.45, 2.75) is 12.5 Å². The van der Waals surface area contributed by atoms with Gasteiger partial charge in [-0.1, -0.05) is 17.7 Å². The van der Waals surface area contributed by atoms with Gasteiger partial charge in [-0.25, -0.2) is 9.69 Å². The van der Waals surface area contributed by atoms with Crippen LogP contribution in [0.3, 0.4) is 0 Å². The number of nitrogens with one attached hydrogen (secondary N) is 1. The molecule has 1 aliphatic rings. The SMILES string of the molecule is O=C(O)C[C@@H]1NC(=O)N(c2cccc(Cl)c2)C1=O. The molecule has 1 aromatic carbocycles. The van der Waals surface area contributed by atoms with E-state index in [-0.39, 0.29) is 0 Å². The third-order valence-corrected chi connectivity index (χ3v) is 2.70. The summed E-state index contributed by atoms with van der Waals surface area (Å²) >= 11 is 5.78. The molecule has 0 aliphatic carbocycles. The van der Waals surface area contributed by atoms with Crippen LogP contribution in [0.1, 0.15) is 6.42 Å². The maximum Gasteiger partial charge on any atom is 0.329 e. The molecule has 3 amide bonds. The molecule has 2 N–H and O–H groups in total. The number of hydrogen-bond acceptors (Lipinski definition) is 3. The van der Waals surface area contributed by atoms with Crippen LogP contribution < -0.4 is 10.2 Å². The van der Waals surface area contributed by atoms with Gasteiger partial charge in [0.1, 0.15) is 6.04 Å². The van der Waals surface area contributed by atoms with Gasteiger partial charge in [0.15, 0.2) is 0 Å². The maximum atomic E-state index is 11.9. The van der Waals surface area contributed by atoms with E-state index in [1.54, 1.807) is 18.2 Å². The lowest BCUT2D eigenvalue weighted by molar-refractivity contribution is -0.139. The topological polar surface area (TPSA) is 86.7 Å². The zero-order valence-electron chi connectivity index (χ0n) is 9.09. The van der Waals surface area contributed by atoms with Gasteiger partial charge >= 0.3 is 12.0 Å². The molecule has 0 unspecified atom stereocenters. The summed E-state index contributed by atoms with van der Waals surface area (Å²) in [4.78, 5) is 35.0. The molecule has 1 atom stereocenters. The Morgan fingerprint density at radius 3 is 2.78 bits per heavy atom. The van der Waals surface area contributed by atoms with Gasteiger partial charge in [-0.15, -0.1) is 0 Å². The lowest BCUT2D eigenvalue weighted by atomic mass is 10.2. The monoisotopic (exact) mass is 268 g/mol. The van der Waals surface area contributed by atoms with Gasteiger partial charge in [-0.3, -0.25) is 9.59 Å². The van der Waals surface area contributed by atoms with Gasteiger partial charge in [-0.2, -0.15) is 0 Å². The van der Waals surface area contributed by atoms with E-state index in [0.717, 1.165) is 4.90 Å². The van der Waals surface area contributed by atoms with Crippen LogP contribution in [0.25, 0.3) is 0 Å². The molecule has 18 heavy (non-hydrogen) atoms. The molecule has 2 rings (SSSR count). The Morgan fingerprint density at radius 2 is 2.17 bits per heavy atom. The lowest BCUT2D eigenvalue weighted by Crippen LogP contribution is -2.32. The van der Waals surface area contributed by atoms with E-state index in [9.17, 15) is 14.4 Å². The van der Waals surface area contributed by atoms with Crippen molar-refractivity contribution in [1.82, 2.24) is 5.32 Å². The Labute approximate surface area is 107 Å². The number of nitrogens with zero attached hydrogens (tertiary/aromatic N) is 1. The van der Waals surface area contributed by atoms with E-state index in [4.69, 9.17) is 16.7 Å². The Hall–Kier alpha value is -2.08. The zero-order valence-corrected chi connectivity index (χ0v) is 9.85. The number of halogens is 1. The molecule has 0 spiro atoms. The average molecular weight is 269 g/mol. The number of carbonyl (C=O) groups is 3. The van der Waals surface area contributed by atoms with Crippen LogP contribution >= 0.6 is 11.6 Å². The predicted molar refractivity (Wildman–Crippen MR) is 63.5 cm³/mol. The lowest BCUT2D eigenvalue weighted by Gasteiger charge is -2.12. The molecule has 7 heteroatoms. The molecular weight excluding hydrogens is 260 g/mol. The normalized spacial score (nSPS) is 18.9. The molecule has 1 aromatic rings. The smallest absolute Gasteiger partial charge is 0.329 e. The highest BCUT2D eigenvalue weighted by molar-refractivity contribution is 6.31. The number of imide groups is 1. The molecule has 1 heterocycles. The van der Waals surface area contributed by atoms with Crippen LogP contribution in [0.2, 0.25) is 5.02 Å². The maximum absolute atomic E-state index is 11.9. The number of carboxylic acids is 1. The number of carbonyl (C=O) groups excluding carboxylic acids is 2. The fraction of sp³-hybridized carbons (Fsp3) is 0.182. The van der Waals surface area contributed by atoms with Crippen molar-refractivity contribution < 1.29 is 19.5 Å². The van der Waals surface area contributed by atoms with E-state index in [1.807, 2.05) is 0 Å². The highest BCUT2D eigenvalue weighted by Gasteiger charge is 2.40. The number of anilines is 1. The third kappa shape index (κ3) is 2.28. The zero-order chi connectivity index (χ0) is 13.3. The van der Waals surface area contributed by atoms with Crippen LogP contribution in [0.5, 0.6) is 0 Å². The summed E-state index contributed by atoms with van der Waals surface area (Å²) in [6.07, 6.45) is -0.443. The van der Waals surface area contributed by atoms with Gasteiger partial charge in [-0.05, 0) is 18.2 Å². The number of rotatable bonds is 3. The molecule has 0 aromatic heterocycles. The fourth-order valence-corrected chi connectivity index (χ4v) is 1.89. The van der Waals surface area contributed by atoms with Crippen LogP contribution in [0, 0.1) is 0 Å². The Balaban J connectivity index is 2.27. The summed E-state index contributed by atoms with van der Waals surface area (Å²) in [5.74, 6) is -1.74. The minimum absolute atomic E-state index is 0.317. The van der Waals surface area contributed by atoms with Crippen LogP contribution in [-0.2, 0) is 9.59 Å². The number of carboxylic acid groups (broad SMARTS) is 1. The van der Waals surface area contributed by atoms with Gasteiger partial charge in [0.25, 0.3) is 5.91 Å². The highest BCUT2D eigenvalue weighted by Crippen LogP contribution is 2.23. The second kappa shape index (κ2) is 4.66. The highest BCUT2D eigenvalue weighted by atomic mass is 35.5. The number of amides is 3. The molecule has 1 fully saturated rings. The molecular formula is C11H9ClN2O4. The predicted octanol–water partition coefficient (Wildman–Crippen LogP) is 1.24. The van der Waals surface area contributed by atoms with E-state index in [2.05, 4.69) is 5.32 Å². The second-order valence-corrected chi connectivity index (χ2v) is 4.19. The van der Waals surface area contributed by atoms with Crippen molar-refractivity contribution in [3.8, 4) is 0 Å². The fourth-order valence-electron chi connectivity index (χ4n) is 1.70. The van der Waals surface area contributed by atoms with Crippen molar-refractivity contribution in [3.63, 3.8) is 0 Å². The number of benzene rings is 1. The minimum Gasteiger partial charge on any atom is -0.481 e. The van der Waals surface area contributed by atoms with Crippen molar-refractivity contribution in [1.29, 1.82) is 0 Å². The van der Waals surface area contributed by atoms with Crippen LogP contribution in [0.15, 0.2) is 24.3 Å². The summed E-state index contributed by atoms with van der Waals surface area (Å²) in [7, 11) is 0. The van der Waals surface area contributed by atoms with E-state index in [0.29, 0.717) is 10.7 Å². The average Bonchev–Trinajstić information content (AvgIpc) is 2.53. The van der Waals surface area contributed by atoms with E-state index >= 15 is 0 Å². The summed E-state index contributed by atoms with van der Waals surface area (Å²) in [6.45, 7) is 0. The van der Waals surface area contributed by atoms with Crippen molar-refractivity contribution in [2.24, 2.45) is 0 Å². The first-order chi connectivity index (χ1) is 8.49. The van der Waals surface area contributed by atoms with Crippen molar-refractivity contribution in [3.05, 3.63) is 29.3 Å². The van der Waals surface area contributed by atoms with Crippen LogP contribution in [0.4, 0.5) is 10.5 Å². The summed E-state index contributed by atoms with van der Waals surface area (Å²) in [5, 5.41) is 11.3. The largest absolute Gasteiger partial charge is 0.481 e. The Kier molecular flexibility index (Phi) is 3.20. The van der Waals surface area contributed by atoms with Gasteiger partial charge in [0.05, 0.1) is 12.1 Å². The molecule has 0 bridgehead atoms. The Morgan fingerprint density at radius 1 is 1.44 bits per heavy atom. The number of aliphatic carboxylic acids is 1. The summed E-state index contributed by atoms with van der Waals surface area (Å²) in [6, 6.07) is 4.54. The minimum atomic E-state index is -1.15. The number of hydrogen-bond donors (Lipinski definition) is 2. The summed E-state index contributed by atoms with van der Waals surface area (Å²) < 4.78 is 0.